The van der Waals surface area contributed by atoms with Crippen molar-refractivity contribution >= 4 is 22.8 Å². The molecule has 0 aliphatic heterocycles. The monoisotopic (exact) mass is 194 g/mol. The van der Waals surface area contributed by atoms with Gasteiger partial charge in [-0.3, -0.25) is 4.79 Å². The third-order valence-electron chi connectivity index (χ3n) is 1.18. The van der Waals surface area contributed by atoms with E-state index in [9.17, 15) is 9.59 Å². The second kappa shape index (κ2) is 5.13. The molecule has 12 heavy (non-hydrogen) atoms. The molecule has 70 valence electrons. The summed E-state index contributed by atoms with van der Waals surface area (Å²) in [7, 11) is 0. The Hall–Kier alpha value is -0.590. The molecule has 0 bridgehead atoms. The summed E-state index contributed by atoms with van der Waals surface area (Å²) in [6.45, 7) is 1.67. The van der Waals surface area contributed by atoms with E-state index in [0.717, 1.165) is 11.8 Å². The van der Waals surface area contributed by atoms with E-state index in [-0.39, 0.29) is 16.9 Å². The van der Waals surface area contributed by atoms with Gasteiger partial charge in [0.05, 0.1) is 5.75 Å². The first-order valence-electron chi connectivity index (χ1n) is 3.50. The van der Waals surface area contributed by atoms with Crippen LogP contribution in [0.15, 0.2) is 0 Å². The van der Waals surface area contributed by atoms with Gasteiger partial charge in [-0.1, -0.05) is 11.8 Å². The predicted molar refractivity (Wildman–Crippen MR) is 44.1 cm³/mol. The van der Waals surface area contributed by atoms with Gasteiger partial charge in [0.15, 0.2) is 12.1 Å². The summed E-state index contributed by atoms with van der Waals surface area (Å²) in [6.07, 6.45) is 0. The first-order chi connectivity index (χ1) is 5.45. The van der Waals surface area contributed by atoms with Crippen molar-refractivity contribution in [1.29, 1.82) is 0 Å². The van der Waals surface area contributed by atoms with Gasteiger partial charge >= 0.3 is 5.97 Å². The highest BCUT2D eigenvalue weighted by atomic mass is 32.2. The third-order valence-corrected chi connectivity index (χ3v) is 2.43. The van der Waals surface area contributed by atoms with Gasteiger partial charge < -0.3 is 16.6 Å². The summed E-state index contributed by atoms with van der Waals surface area (Å²) in [5.41, 5.74) is 6.90. The molecule has 0 aliphatic rings. The Morgan fingerprint density at radius 1 is 1.50 bits per heavy atom. The molecule has 0 aliphatic carbocycles. The molecule has 5 nitrogen and oxygen atoms in total. The molecular formula is C6H14N2O3S+2. The average Bonchev–Trinajstić information content (AvgIpc) is 1.98. The molecule has 0 amide bonds. The lowest BCUT2D eigenvalue weighted by Crippen LogP contribution is -2.67. The van der Waals surface area contributed by atoms with E-state index in [1.54, 1.807) is 6.92 Å². The quantitative estimate of drug-likeness (QED) is 0.462. The van der Waals surface area contributed by atoms with Crippen LogP contribution in [0.1, 0.15) is 6.92 Å². The van der Waals surface area contributed by atoms with E-state index in [1.165, 1.54) is 0 Å². The van der Waals surface area contributed by atoms with Crippen molar-refractivity contribution in [1.82, 2.24) is 0 Å². The standard InChI is InChI=1S/C6H12N2O3S/c1-3(7)6(11)12-2-4(8)5(9)10/h3-4H,2,7-8H2,1H3,(H,9,10)/p+2. The molecule has 0 aromatic carbocycles. The number of carboxylic acid groups (broad SMARTS) is 1. The first kappa shape index (κ1) is 11.4. The molecule has 0 fully saturated rings. The van der Waals surface area contributed by atoms with Crippen LogP contribution in [-0.2, 0) is 9.59 Å². The van der Waals surface area contributed by atoms with Gasteiger partial charge in [-0.15, -0.1) is 0 Å². The highest BCUT2D eigenvalue weighted by molar-refractivity contribution is 8.13. The minimum atomic E-state index is -0.980. The normalized spacial score (nSPS) is 15.2. The van der Waals surface area contributed by atoms with Crippen LogP contribution in [0.3, 0.4) is 0 Å². The van der Waals surface area contributed by atoms with Crippen LogP contribution in [0.25, 0.3) is 0 Å². The Morgan fingerprint density at radius 3 is 2.33 bits per heavy atom. The maximum absolute atomic E-state index is 10.9. The van der Waals surface area contributed by atoms with Gasteiger partial charge in [0.1, 0.15) is 0 Å². The molecule has 0 aromatic heterocycles. The third kappa shape index (κ3) is 4.32. The van der Waals surface area contributed by atoms with E-state index >= 15 is 0 Å². The van der Waals surface area contributed by atoms with Gasteiger partial charge in [0, 0.05) is 0 Å². The highest BCUT2D eigenvalue weighted by Gasteiger charge is 2.19. The lowest BCUT2D eigenvalue weighted by molar-refractivity contribution is -0.400. The van der Waals surface area contributed by atoms with Crippen LogP contribution in [0.4, 0.5) is 0 Å². The summed E-state index contributed by atoms with van der Waals surface area (Å²) in [4.78, 5) is 21.2. The smallest absolute Gasteiger partial charge is 0.363 e. The maximum Gasteiger partial charge on any atom is 0.363 e. The Balaban J connectivity index is 3.69. The zero-order valence-electron chi connectivity index (χ0n) is 6.95. The van der Waals surface area contributed by atoms with Crippen LogP contribution in [0.2, 0.25) is 0 Å². The number of hydrogen-bond donors (Lipinski definition) is 3. The Kier molecular flexibility index (Phi) is 4.87. The van der Waals surface area contributed by atoms with E-state index in [0.29, 0.717) is 0 Å². The Bertz CT molecular complexity index is 184. The molecule has 0 saturated heterocycles. The maximum atomic E-state index is 10.9. The van der Waals surface area contributed by atoms with Crippen molar-refractivity contribution in [3.05, 3.63) is 0 Å². The number of carboxylic acids is 1. The van der Waals surface area contributed by atoms with Crippen molar-refractivity contribution < 1.29 is 26.2 Å². The van der Waals surface area contributed by atoms with E-state index in [4.69, 9.17) is 5.11 Å². The molecular weight excluding hydrogens is 180 g/mol. The minimum absolute atomic E-state index is 0.0927. The van der Waals surface area contributed by atoms with Gasteiger partial charge in [-0.2, -0.15) is 0 Å². The van der Waals surface area contributed by atoms with Gasteiger partial charge in [-0.25, -0.2) is 4.79 Å². The summed E-state index contributed by atoms with van der Waals surface area (Å²) in [5, 5.41) is 8.34. The van der Waals surface area contributed by atoms with E-state index < -0.39 is 12.0 Å². The van der Waals surface area contributed by atoms with Crippen molar-refractivity contribution in [2.75, 3.05) is 5.75 Å². The molecule has 7 N–H and O–H groups in total. The van der Waals surface area contributed by atoms with Crippen molar-refractivity contribution in [2.24, 2.45) is 0 Å². The summed E-state index contributed by atoms with van der Waals surface area (Å²) in [5.74, 6) is -0.763. The molecule has 2 unspecified atom stereocenters. The van der Waals surface area contributed by atoms with Crippen molar-refractivity contribution in [3.8, 4) is 0 Å². The van der Waals surface area contributed by atoms with Gasteiger partial charge in [-0.05, 0) is 6.92 Å². The summed E-state index contributed by atoms with van der Waals surface area (Å²) in [6, 6.07) is -1.02. The zero-order valence-corrected chi connectivity index (χ0v) is 7.76. The number of quaternary nitrogens is 2. The summed E-state index contributed by atoms with van der Waals surface area (Å²) >= 11 is 0.976. The van der Waals surface area contributed by atoms with Gasteiger partial charge in [0.25, 0.3) is 0 Å². The number of carbonyl (C=O) groups excluding carboxylic acids is 1. The molecule has 0 radical (unpaired) electrons. The molecule has 6 heteroatoms. The lowest BCUT2D eigenvalue weighted by atomic mass is 10.4. The first-order valence-corrected chi connectivity index (χ1v) is 4.49. The number of carbonyl (C=O) groups is 2. The molecule has 0 saturated carbocycles. The highest BCUT2D eigenvalue weighted by Crippen LogP contribution is 2.04. The SMILES string of the molecule is CC([NH3+])C(=O)SCC([NH3+])C(=O)O. The average molecular weight is 194 g/mol. The van der Waals surface area contributed by atoms with Crippen LogP contribution in [0, 0.1) is 0 Å². The number of rotatable bonds is 4. The summed E-state index contributed by atoms with van der Waals surface area (Å²) < 4.78 is 0. The fraction of sp³-hybridized carbons (Fsp3) is 0.667. The van der Waals surface area contributed by atoms with E-state index in [1.807, 2.05) is 0 Å². The molecule has 2 atom stereocenters. The molecule has 0 rings (SSSR count). The van der Waals surface area contributed by atoms with Crippen LogP contribution in [-0.4, -0.2) is 34.0 Å². The van der Waals surface area contributed by atoms with Crippen LogP contribution in [0.5, 0.6) is 0 Å². The molecule has 0 heterocycles. The second-order valence-corrected chi connectivity index (χ2v) is 3.59. The van der Waals surface area contributed by atoms with Crippen molar-refractivity contribution in [2.45, 2.75) is 19.0 Å². The minimum Gasteiger partial charge on any atom is -0.477 e. The van der Waals surface area contributed by atoms with Crippen LogP contribution >= 0.6 is 11.8 Å². The predicted octanol–water partition coefficient (Wildman–Crippen LogP) is -2.43. The topological polar surface area (TPSA) is 110 Å². The number of aliphatic carboxylic acids is 1. The fourth-order valence-electron chi connectivity index (χ4n) is 0.396. The number of hydrogen-bond acceptors (Lipinski definition) is 3. The largest absolute Gasteiger partial charge is 0.477 e. The molecule has 0 aromatic rings. The second-order valence-electron chi connectivity index (χ2n) is 2.57. The Morgan fingerprint density at radius 2 is 2.00 bits per heavy atom. The van der Waals surface area contributed by atoms with E-state index in [2.05, 4.69) is 11.5 Å². The van der Waals surface area contributed by atoms with Crippen molar-refractivity contribution in [3.63, 3.8) is 0 Å². The number of thioether (sulfide) groups is 1. The molecule has 0 spiro atoms. The zero-order chi connectivity index (χ0) is 9.72. The lowest BCUT2D eigenvalue weighted by Gasteiger charge is -2.02. The Labute approximate surface area is 74.5 Å². The van der Waals surface area contributed by atoms with Gasteiger partial charge in [0.2, 0.25) is 5.12 Å². The fourth-order valence-corrected chi connectivity index (χ4v) is 1.19. The van der Waals surface area contributed by atoms with Crippen LogP contribution < -0.4 is 11.5 Å².